The zero-order valence-corrected chi connectivity index (χ0v) is 15.4. The predicted octanol–water partition coefficient (Wildman–Crippen LogP) is 2.02. The Bertz CT molecular complexity index is 854. The van der Waals surface area contributed by atoms with Crippen molar-refractivity contribution in [2.24, 2.45) is 7.05 Å². The van der Waals surface area contributed by atoms with Gasteiger partial charge in [-0.05, 0) is 31.6 Å². The maximum Gasteiger partial charge on any atom is 0.240 e. The Balaban J connectivity index is 2.14. The fraction of sp³-hybridized carbons (Fsp3) is 0.294. The smallest absolute Gasteiger partial charge is 0.240 e. The molecule has 0 N–H and O–H groups in total. The maximum absolute atomic E-state index is 12.7. The minimum atomic E-state index is -0.152. The molecule has 0 saturated heterocycles. The van der Waals surface area contributed by atoms with Gasteiger partial charge < -0.3 is 9.67 Å². The molecule has 0 unspecified atom stereocenters. The lowest BCUT2D eigenvalue weighted by Crippen LogP contribution is -2.32. The molecule has 0 amide bonds. The van der Waals surface area contributed by atoms with Gasteiger partial charge in [-0.15, -0.1) is 11.8 Å². The molecule has 0 fully saturated rings. The molecule has 120 valence electrons. The van der Waals surface area contributed by atoms with Gasteiger partial charge in [-0.1, -0.05) is 17.5 Å². The molecule has 0 aromatic carbocycles. The van der Waals surface area contributed by atoms with Crippen molar-refractivity contribution >= 4 is 39.9 Å². The van der Waals surface area contributed by atoms with Crippen LogP contribution < -0.4 is 5.11 Å². The molecule has 0 atom stereocenters. The average Bonchev–Trinajstić information content (AvgIpc) is 3.02. The van der Waals surface area contributed by atoms with E-state index in [0.717, 1.165) is 21.3 Å². The van der Waals surface area contributed by atoms with Gasteiger partial charge in [0.2, 0.25) is 16.5 Å². The number of ketones is 1. The number of allylic oxidation sites excluding steroid dienone is 3. The van der Waals surface area contributed by atoms with Crippen LogP contribution >= 0.6 is 23.5 Å². The molecule has 1 aromatic heterocycles. The predicted molar refractivity (Wildman–Crippen MR) is 94.6 cm³/mol. The van der Waals surface area contributed by atoms with Crippen LogP contribution in [0.4, 0.5) is 0 Å². The van der Waals surface area contributed by atoms with E-state index in [1.165, 1.54) is 0 Å². The zero-order chi connectivity index (χ0) is 16.9. The summed E-state index contributed by atoms with van der Waals surface area (Å²) in [6.45, 7) is 1.94. The Morgan fingerprint density at radius 1 is 1.17 bits per heavy atom. The van der Waals surface area contributed by atoms with Gasteiger partial charge in [0, 0.05) is 24.3 Å². The zero-order valence-electron chi connectivity index (χ0n) is 13.8. The van der Waals surface area contributed by atoms with Crippen molar-refractivity contribution in [1.29, 1.82) is 0 Å². The Labute approximate surface area is 144 Å². The van der Waals surface area contributed by atoms with E-state index in [2.05, 4.69) is 0 Å². The summed E-state index contributed by atoms with van der Waals surface area (Å²) in [5, 5.41) is 14.8. The van der Waals surface area contributed by atoms with Crippen LogP contribution in [0.3, 0.4) is 0 Å². The first-order valence-electron chi connectivity index (χ1n) is 7.16. The topological polar surface area (TPSA) is 48.1 Å². The molecule has 2 heterocycles. The average molecular weight is 346 g/mol. The van der Waals surface area contributed by atoms with Gasteiger partial charge in [-0.3, -0.25) is 4.79 Å². The maximum atomic E-state index is 12.7. The van der Waals surface area contributed by atoms with Crippen molar-refractivity contribution in [2.75, 3.05) is 19.6 Å². The number of rotatable bonds is 2. The fourth-order valence-electron chi connectivity index (χ4n) is 3.08. The normalized spacial score (nSPS) is 21.3. The SMILES string of the molecule is CSC1=[N+](C)/C(=C2\C(=O)C(c3ccc(SC)n3C)=C2[O-])C(C)=C1. The highest BCUT2D eigenvalue weighted by Gasteiger charge is 2.39. The third-order valence-corrected chi connectivity index (χ3v) is 5.91. The van der Waals surface area contributed by atoms with E-state index in [9.17, 15) is 9.90 Å². The second-order valence-electron chi connectivity index (χ2n) is 5.51. The number of carbonyl (C=O) groups excluding carboxylic acids is 1. The van der Waals surface area contributed by atoms with Crippen LogP contribution in [0.2, 0.25) is 0 Å². The van der Waals surface area contributed by atoms with E-state index >= 15 is 0 Å². The number of hydrogen-bond acceptors (Lipinski definition) is 4. The molecule has 0 radical (unpaired) electrons. The molecule has 3 rings (SSSR count). The summed E-state index contributed by atoms with van der Waals surface area (Å²) in [4.78, 5) is 12.7. The highest BCUT2D eigenvalue weighted by molar-refractivity contribution is 8.13. The Hall–Kier alpha value is -1.66. The van der Waals surface area contributed by atoms with Crippen molar-refractivity contribution in [1.82, 2.24) is 4.57 Å². The molecule has 0 bridgehead atoms. The van der Waals surface area contributed by atoms with Crippen LogP contribution in [0.25, 0.3) is 5.57 Å². The number of Topliss-reactive ketones (excluding diaryl/α,β-unsaturated/α-hetero) is 1. The lowest BCUT2D eigenvalue weighted by molar-refractivity contribution is -0.434. The lowest BCUT2D eigenvalue weighted by Gasteiger charge is -2.30. The van der Waals surface area contributed by atoms with E-state index in [1.807, 2.05) is 60.9 Å². The molecule has 2 aliphatic rings. The highest BCUT2D eigenvalue weighted by Crippen LogP contribution is 2.40. The highest BCUT2D eigenvalue weighted by atomic mass is 32.2. The summed E-state index contributed by atoms with van der Waals surface area (Å²) in [5.74, 6) is -0.304. The van der Waals surface area contributed by atoms with E-state index in [1.54, 1.807) is 23.5 Å². The fourth-order valence-corrected chi connectivity index (χ4v) is 4.31. The quantitative estimate of drug-likeness (QED) is 0.467. The summed E-state index contributed by atoms with van der Waals surface area (Å²) in [5.41, 5.74) is 3.02. The summed E-state index contributed by atoms with van der Waals surface area (Å²) in [6, 6.07) is 3.78. The number of carbonyl (C=O) groups is 1. The largest absolute Gasteiger partial charge is 0.871 e. The van der Waals surface area contributed by atoms with Crippen molar-refractivity contribution in [3.8, 4) is 0 Å². The van der Waals surface area contributed by atoms with Crippen LogP contribution in [0.1, 0.15) is 12.6 Å². The first kappa shape index (κ1) is 16.2. The molecular formula is C17H18N2O2S2. The third kappa shape index (κ3) is 2.23. The molecule has 0 saturated carbocycles. The van der Waals surface area contributed by atoms with Gasteiger partial charge in [-0.2, -0.15) is 4.58 Å². The summed E-state index contributed by atoms with van der Waals surface area (Å²) in [7, 11) is 3.78. The molecule has 1 aromatic rings. The third-order valence-electron chi connectivity index (χ3n) is 4.27. The molecule has 4 nitrogen and oxygen atoms in total. The first-order valence-corrected chi connectivity index (χ1v) is 9.61. The van der Waals surface area contributed by atoms with Gasteiger partial charge in [-0.25, -0.2) is 0 Å². The number of aromatic nitrogens is 1. The van der Waals surface area contributed by atoms with Crippen LogP contribution in [0.5, 0.6) is 0 Å². The van der Waals surface area contributed by atoms with E-state index < -0.39 is 0 Å². The Morgan fingerprint density at radius 3 is 2.35 bits per heavy atom. The van der Waals surface area contributed by atoms with E-state index in [-0.39, 0.29) is 11.5 Å². The Kier molecular flexibility index (Phi) is 4.06. The van der Waals surface area contributed by atoms with Crippen LogP contribution in [0, 0.1) is 0 Å². The van der Waals surface area contributed by atoms with Crippen molar-refractivity contribution < 1.29 is 14.5 Å². The van der Waals surface area contributed by atoms with Crippen molar-refractivity contribution in [3.63, 3.8) is 0 Å². The second-order valence-corrected chi connectivity index (χ2v) is 7.16. The Morgan fingerprint density at radius 2 is 1.87 bits per heavy atom. The van der Waals surface area contributed by atoms with Gasteiger partial charge in [0.05, 0.1) is 16.3 Å². The number of hydrogen-bond donors (Lipinski definition) is 0. The summed E-state index contributed by atoms with van der Waals surface area (Å²) in [6.07, 6.45) is 5.97. The van der Waals surface area contributed by atoms with Gasteiger partial charge in [0.1, 0.15) is 7.05 Å². The lowest BCUT2D eigenvalue weighted by atomic mass is 9.83. The number of nitrogens with zero attached hydrogens (tertiary/aromatic N) is 2. The molecular weight excluding hydrogens is 328 g/mol. The van der Waals surface area contributed by atoms with Crippen molar-refractivity contribution in [3.05, 3.63) is 46.5 Å². The number of thioether (sulfide) groups is 2. The van der Waals surface area contributed by atoms with Crippen molar-refractivity contribution in [2.45, 2.75) is 11.9 Å². The minimum Gasteiger partial charge on any atom is -0.871 e. The van der Waals surface area contributed by atoms with Crippen LogP contribution in [0.15, 0.2) is 45.8 Å². The molecule has 6 heteroatoms. The van der Waals surface area contributed by atoms with Gasteiger partial charge in [0.15, 0.2) is 0 Å². The standard InChI is InChI=1S/C17H18N2O2S2/c1-9-8-12(23-5)19(3)15(9)14-16(20)13(17(14)21)10-6-7-11(22-4)18(10)2/h6-8H,1-5H3. The monoisotopic (exact) mass is 346 g/mol. The molecule has 0 spiro atoms. The van der Waals surface area contributed by atoms with Gasteiger partial charge >= 0.3 is 0 Å². The van der Waals surface area contributed by atoms with E-state index in [0.29, 0.717) is 16.8 Å². The van der Waals surface area contributed by atoms with Gasteiger partial charge in [0.25, 0.3) is 0 Å². The first-order chi connectivity index (χ1) is 10.9. The molecule has 1 aliphatic heterocycles. The van der Waals surface area contributed by atoms with Crippen LogP contribution in [-0.4, -0.2) is 39.5 Å². The summed E-state index contributed by atoms with van der Waals surface area (Å²) < 4.78 is 3.83. The number of likely N-dealkylation sites (N-methyl/N-ethyl adjacent to an activating group) is 1. The minimum absolute atomic E-state index is 0.152. The van der Waals surface area contributed by atoms with E-state index in [4.69, 9.17) is 0 Å². The van der Waals surface area contributed by atoms with Crippen LogP contribution in [-0.2, 0) is 11.8 Å². The second kappa shape index (κ2) is 5.76. The molecule has 1 aliphatic carbocycles. The molecule has 23 heavy (non-hydrogen) atoms. The summed E-state index contributed by atoms with van der Waals surface area (Å²) >= 11 is 3.20.